The van der Waals surface area contributed by atoms with Gasteiger partial charge in [0.2, 0.25) is 0 Å². The van der Waals surface area contributed by atoms with Gasteiger partial charge in [0.05, 0.1) is 0 Å². The van der Waals surface area contributed by atoms with Gasteiger partial charge in [-0.3, -0.25) is 0 Å². The summed E-state index contributed by atoms with van der Waals surface area (Å²) >= 11 is 0. The Morgan fingerprint density at radius 3 is 2.69 bits per heavy atom. The largest absolute Gasteiger partial charge is 0.103 e. The minimum Gasteiger partial charge on any atom is -0.103 e. The van der Waals surface area contributed by atoms with E-state index in [-0.39, 0.29) is 0 Å². The van der Waals surface area contributed by atoms with Gasteiger partial charge in [-0.1, -0.05) is 43.8 Å². The van der Waals surface area contributed by atoms with Crippen molar-refractivity contribution in [2.45, 2.75) is 19.8 Å². The van der Waals surface area contributed by atoms with Crippen molar-refractivity contribution in [1.82, 2.24) is 0 Å². The van der Waals surface area contributed by atoms with E-state index < -0.39 is 0 Å². The molecule has 68 valence electrons. The van der Waals surface area contributed by atoms with Crippen molar-refractivity contribution >= 4 is 5.57 Å². The molecule has 13 heavy (non-hydrogen) atoms. The molecule has 1 aromatic carbocycles. The fraction of sp³-hybridized carbons (Fsp3) is 0.231. The fourth-order valence-corrected chi connectivity index (χ4v) is 1.39. The third-order valence-electron chi connectivity index (χ3n) is 2.19. The van der Waals surface area contributed by atoms with Crippen LogP contribution in [-0.2, 0) is 6.42 Å². The summed E-state index contributed by atoms with van der Waals surface area (Å²) in [6.07, 6.45) is 3.87. The maximum atomic E-state index is 4.05. The number of hydrogen-bond donors (Lipinski definition) is 0. The number of benzene rings is 1. The Labute approximate surface area is 80.6 Å². The molecule has 0 radical (unpaired) electrons. The van der Waals surface area contributed by atoms with Gasteiger partial charge >= 0.3 is 0 Å². The molecule has 0 spiro atoms. The lowest BCUT2D eigenvalue weighted by molar-refractivity contribution is 1.20. The van der Waals surface area contributed by atoms with Gasteiger partial charge < -0.3 is 0 Å². The smallest absolute Gasteiger partial charge is 0.00941 e. The van der Waals surface area contributed by atoms with Crippen LogP contribution in [-0.4, -0.2) is 0 Å². The Bertz CT molecular complexity index is 308. The van der Waals surface area contributed by atoms with Crippen molar-refractivity contribution in [3.8, 4) is 0 Å². The maximum Gasteiger partial charge on any atom is -0.00941 e. The fourth-order valence-electron chi connectivity index (χ4n) is 1.39. The van der Waals surface area contributed by atoms with Crippen LogP contribution in [0.15, 0.2) is 43.5 Å². The molecule has 0 heteroatoms. The molecule has 0 heterocycles. The van der Waals surface area contributed by atoms with E-state index in [4.69, 9.17) is 0 Å². The van der Waals surface area contributed by atoms with Gasteiger partial charge in [0.25, 0.3) is 0 Å². The highest BCUT2D eigenvalue weighted by atomic mass is 14.1. The van der Waals surface area contributed by atoms with Crippen LogP contribution in [0, 0.1) is 0 Å². The molecule has 0 unspecified atom stereocenters. The summed E-state index contributed by atoms with van der Waals surface area (Å²) in [6.45, 7) is 9.94. The minimum atomic E-state index is 0.926. The van der Waals surface area contributed by atoms with Gasteiger partial charge in [0.1, 0.15) is 0 Å². The predicted molar refractivity (Wildman–Crippen MR) is 59.7 cm³/mol. The topological polar surface area (TPSA) is 0 Å². The highest BCUT2D eigenvalue weighted by molar-refractivity contribution is 5.66. The van der Waals surface area contributed by atoms with Gasteiger partial charge in [0, 0.05) is 0 Å². The molecule has 0 fully saturated rings. The Kier molecular flexibility index (Phi) is 3.51. The molecule has 0 aliphatic rings. The van der Waals surface area contributed by atoms with Crippen LogP contribution in [0.2, 0.25) is 0 Å². The first-order chi connectivity index (χ1) is 6.29. The van der Waals surface area contributed by atoms with Crippen LogP contribution in [0.5, 0.6) is 0 Å². The quantitative estimate of drug-likeness (QED) is 0.605. The molecule has 0 saturated heterocycles. The second kappa shape index (κ2) is 4.66. The normalized spacial score (nSPS) is 9.62. The van der Waals surface area contributed by atoms with E-state index in [0.717, 1.165) is 12.8 Å². The van der Waals surface area contributed by atoms with Crippen LogP contribution in [0.3, 0.4) is 0 Å². The summed E-state index contributed by atoms with van der Waals surface area (Å²) in [5.41, 5.74) is 3.81. The monoisotopic (exact) mass is 172 g/mol. The van der Waals surface area contributed by atoms with Gasteiger partial charge in [-0.15, -0.1) is 6.58 Å². The number of hydrogen-bond acceptors (Lipinski definition) is 0. The SMILES string of the molecule is C=CCc1ccccc1C(=C)CC. The first-order valence-corrected chi connectivity index (χ1v) is 4.66. The lowest BCUT2D eigenvalue weighted by Gasteiger charge is -2.08. The van der Waals surface area contributed by atoms with E-state index in [1.54, 1.807) is 0 Å². The van der Waals surface area contributed by atoms with Crippen LogP contribution < -0.4 is 0 Å². The van der Waals surface area contributed by atoms with Crippen molar-refractivity contribution in [2.24, 2.45) is 0 Å². The third kappa shape index (κ3) is 2.32. The average molecular weight is 172 g/mol. The zero-order valence-electron chi connectivity index (χ0n) is 8.22. The summed E-state index contributed by atoms with van der Waals surface area (Å²) in [5.74, 6) is 0. The Hall–Kier alpha value is -1.30. The van der Waals surface area contributed by atoms with Crippen molar-refractivity contribution < 1.29 is 0 Å². The van der Waals surface area contributed by atoms with Gasteiger partial charge in [-0.05, 0) is 29.5 Å². The van der Waals surface area contributed by atoms with E-state index in [1.165, 1.54) is 16.7 Å². The van der Waals surface area contributed by atoms with Crippen LogP contribution in [0.25, 0.3) is 5.57 Å². The maximum absolute atomic E-state index is 4.05. The van der Waals surface area contributed by atoms with E-state index in [1.807, 2.05) is 6.08 Å². The molecular formula is C13H16. The van der Waals surface area contributed by atoms with Gasteiger partial charge in [-0.2, -0.15) is 0 Å². The van der Waals surface area contributed by atoms with Crippen molar-refractivity contribution in [1.29, 1.82) is 0 Å². The zero-order chi connectivity index (χ0) is 9.68. The van der Waals surface area contributed by atoms with Crippen LogP contribution in [0.4, 0.5) is 0 Å². The van der Waals surface area contributed by atoms with Crippen LogP contribution >= 0.6 is 0 Å². The molecule has 0 aliphatic heterocycles. The molecule has 0 nitrogen and oxygen atoms in total. The zero-order valence-corrected chi connectivity index (χ0v) is 8.22. The van der Waals surface area contributed by atoms with Crippen molar-refractivity contribution in [3.05, 3.63) is 54.6 Å². The molecule has 1 aromatic rings. The van der Waals surface area contributed by atoms with E-state index in [2.05, 4.69) is 44.3 Å². The molecule has 0 aromatic heterocycles. The van der Waals surface area contributed by atoms with Crippen molar-refractivity contribution in [3.63, 3.8) is 0 Å². The minimum absolute atomic E-state index is 0.926. The van der Waals surface area contributed by atoms with E-state index >= 15 is 0 Å². The highest BCUT2D eigenvalue weighted by Crippen LogP contribution is 2.20. The Morgan fingerprint density at radius 2 is 2.08 bits per heavy atom. The number of allylic oxidation sites excluding steroid dienone is 2. The van der Waals surface area contributed by atoms with E-state index in [9.17, 15) is 0 Å². The molecule has 0 bridgehead atoms. The Balaban J connectivity index is 3.03. The lowest BCUT2D eigenvalue weighted by atomic mass is 9.97. The second-order valence-corrected chi connectivity index (χ2v) is 3.11. The average Bonchev–Trinajstić information content (AvgIpc) is 2.18. The summed E-state index contributed by atoms with van der Waals surface area (Å²) in [4.78, 5) is 0. The number of rotatable bonds is 4. The molecule has 1 rings (SSSR count). The molecular weight excluding hydrogens is 156 g/mol. The first kappa shape index (κ1) is 9.79. The predicted octanol–water partition coefficient (Wildman–Crippen LogP) is 3.84. The highest BCUT2D eigenvalue weighted by Gasteiger charge is 2.01. The van der Waals surface area contributed by atoms with Crippen LogP contribution in [0.1, 0.15) is 24.5 Å². The van der Waals surface area contributed by atoms with E-state index in [0.29, 0.717) is 0 Å². The Morgan fingerprint density at radius 1 is 1.38 bits per heavy atom. The second-order valence-electron chi connectivity index (χ2n) is 3.11. The molecule has 0 amide bonds. The standard InChI is InChI=1S/C13H16/c1-4-8-12-9-6-7-10-13(12)11(3)5-2/h4,6-7,9-10H,1,3,5,8H2,2H3. The molecule has 0 saturated carbocycles. The summed E-state index contributed by atoms with van der Waals surface area (Å²) in [7, 11) is 0. The van der Waals surface area contributed by atoms with Gasteiger partial charge in [0.15, 0.2) is 0 Å². The lowest BCUT2D eigenvalue weighted by Crippen LogP contribution is -1.90. The van der Waals surface area contributed by atoms with Gasteiger partial charge in [-0.25, -0.2) is 0 Å². The summed E-state index contributed by atoms with van der Waals surface area (Å²) in [5, 5.41) is 0. The first-order valence-electron chi connectivity index (χ1n) is 4.66. The molecule has 0 aliphatic carbocycles. The van der Waals surface area contributed by atoms with Crippen molar-refractivity contribution in [2.75, 3.05) is 0 Å². The molecule has 0 N–H and O–H groups in total. The third-order valence-corrected chi connectivity index (χ3v) is 2.19. The molecule has 0 atom stereocenters. The summed E-state index contributed by atoms with van der Waals surface area (Å²) in [6, 6.07) is 8.39. The summed E-state index contributed by atoms with van der Waals surface area (Å²) < 4.78 is 0.